The lowest BCUT2D eigenvalue weighted by atomic mass is 9.92. The Bertz CT molecular complexity index is 1020. The molecule has 1 heterocycles. The van der Waals surface area contributed by atoms with Crippen molar-refractivity contribution in [2.75, 3.05) is 0 Å². The SMILES string of the molecule is C1=C(n2nc3ccccc3n2)Cc2cccc3cccc1c23. The van der Waals surface area contributed by atoms with Crippen molar-refractivity contribution in [3.05, 3.63) is 71.8 Å². The molecule has 0 spiro atoms. The summed E-state index contributed by atoms with van der Waals surface area (Å²) in [5, 5.41) is 11.9. The zero-order chi connectivity index (χ0) is 14.5. The van der Waals surface area contributed by atoms with Crippen molar-refractivity contribution in [3.8, 4) is 0 Å². The van der Waals surface area contributed by atoms with E-state index in [0.29, 0.717) is 0 Å². The van der Waals surface area contributed by atoms with Gasteiger partial charge in [-0.1, -0.05) is 48.5 Å². The van der Waals surface area contributed by atoms with E-state index in [4.69, 9.17) is 0 Å². The molecule has 0 radical (unpaired) electrons. The van der Waals surface area contributed by atoms with Crippen LogP contribution in [0.15, 0.2) is 60.7 Å². The van der Waals surface area contributed by atoms with Crippen LogP contribution in [-0.4, -0.2) is 15.0 Å². The van der Waals surface area contributed by atoms with Gasteiger partial charge in [0.15, 0.2) is 0 Å². The van der Waals surface area contributed by atoms with Gasteiger partial charge in [0.25, 0.3) is 0 Å². The maximum atomic E-state index is 4.61. The Balaban J connectivity index is 1.73. The van der Waals surface area contributed by atoms with Crippen LogP contribution in [0.1, 0.15) is 11.1 Å². The minimum atomic E-state index is 0.856. The molecule has 0 atom stereocenters. The van der Waals surface area contributed by atoms with Gasteiger partial charge in [-0.2, -0.15) is 4.80 Å². The summed E-state index contributed by atoms with van der Waals surface area (Å²) in [4.78, 5) is 1.78. The van der Waals surface area contributed by atoms with Crippen molar-refractivity contribution in [3.63, 3.8) is 0 Å². The van der Waals surface area contributed by atoms with E-state index in [0.717, 1.165) is 23.2 Å². The van der Waals surface area contributed by atoms with Gasteiger partial charge < -0.3 is 0 Å². The molecule has 5 rings (SSSR count). The van der Waals surface area contributed by atoms with Gasteiger partial charge in [-0.15, -0.1) is 10.2 Å². The molecule has 3 heteroatoms. The molecule has 0 saturated heterocycles. The van der Waals surface area contributed by atoms with Crippen LogP contribution in [0.3, 0.4) is 0 Å². The van der Waals surface area contributed by atoms with Crippen LogP contribution in [0.2, 0.25) is 0 Å². The molecule has 0 N–H and O–H groups in total. The summed E-state index contributed by atoms with van der Waals surface area (Å²) in [7, 11) is 0. The van der Waals surface area contributed by atoms with E-state index >= 15 is 0 Å². The Morgan fingerprint density at radius 3 is 2.27 bits per heavy atom. The number of rotatable bonds is 1. The fourth-order valence-corrected chi connectivity index (χ4v) is 3.26. The normalized spacial score (nSPS) is 13.5. The lowest BCUT2D eigenvalue weighted by molar-refractivity contribution is 0.768. The first-order valence-electron chi connectivity index (χ1n) is 7.42. The van der Waals surface area contributed by atoms with Gasteiger partial charge >= 0.3 is 0 Å². The Morgan fingerprint density at radius 1 is 0.773 bits per heavy atom. The largest absolute Gasteiger partial charge is 0.154 e. The van der Waals surface area contributed by atoms with E-state index in [9.17, 15) is 0 Å². The number of nitrogens with zero attached hydrogens (tertiary/aromatic N) is 3. The predicted molar refractivity (Wildman–Crippen MR) is 89.3 cm³/mol. The summed E-state index contributed by atoms with van der Waals surface area (Å²) in [5.41, 5.74) is 5.56. The van der Waals surface area contributed by atoms with E-state index < -0.39 is 0 Å². The van der Waals surface area contributed by atoms with Gasteiger partial charge in [0.1, 0.15) is 11.0 Å². The van der Waals surface area contributed by atoms with Crippen LogP contribution in [-0.2, 0) is 6.42 Å². The van der Waals surface area contributed by atoms with Gasteiger partial charge in [0.05, 0.1) is 5.70 Å². The monoisotopic (exact) mass is 283 g/mol. The van der Waals surface area contributed by atoms with Crippen molar-refractivity contribution >= 4 is 33.6 Å². The van der Waals surface area contributed by atoms with Crippen LogP contribution in [0, 0.1) is 0 Å². The van der Waals surface area contributed by atoms with Crippen molar-refractivity contribution in [1.82, 2.24) is 15.0 Å². The number of hydrogen-bond acceptors (Lipinski definition) is 2. The molecule has 104 valence electrons. The first kappa shape index (κ1) is 11.7. The molecule has 0 fully saturated rings. The van der Waals surface area contributed by atoms with Crippen molar-refractivity contribution in [2.45, 2.75) is 6.42 Å². The Hall–Kier alpha value is -2.94. The van der Waals surface area contributed by atoms with Crippen LogP contribution in [0.4, 0.5) is 0 Å². The number of benzene rings is 3. The zero-order valence-electron chi connectivity index (χ0n) is 11.9. The smallest absolute Gasteiger partial charge is 0.113 e. The molecule has 0 saturated carbocycles. The Kier molecular flexibility index (Phi) is 2.27. The van der Waals surface area contributed by atoms with Crippen molar-refractivity contribution in [2.24, 2.45) is 0 Å². The van der Waals surface area contributed by atoms with E-state index in [1.165, 1.54) is 21.9 Å². The van der Waals surface area contributed by atoms with Crippen LogP contribution >= 0.6 is 0 Å². The maximum Gasteiger partial charge on any atom is 0.113 e. The molecule has 0 unspecified atom stereocenters. The molecular formula is C19H13N3. The summed E-state index contributed by atoms with van der Waals surface area (Å²) < 4.78 is 0. The summed E-state index contributed by atoms with van der Waals surface area (Å²) >= 11 is 0. The quantitative estimate of drug-likeness (QED) is 0.525. The second-order valence-electron chi connectivity index (χ2n) is 5.65. The molecule has 0 aliphatic heterocycles. The number of fused-ring (bicyclic) bond motifs is 1. The molecule has 3 aromatic carbocycles. The molecule has 22 heavy (non-hydrogen) atoms. The Morgan fingerprint density at radius 2 is 1.50 bits per heavy atom. The molecular weight excluding hydrogens is 270 g/mol. The molecule has 3 nitrogen and oxygen atoms in total. The van der Waals surface area contributed by atoms with Crippen molar-refractivity contribution < 1.29 is 0 Å². The van der Waals surface area contributed by atoms with E-state index in [1.807, 2.05) is 24.3 Å². The third kappa shape index (κ3) is 1.62. The fourth-order valence-electron chi connectivity index (χ4n) is 3.26. The average Bonchev–Trinajstić information content (AvgIpc) is 2.99. The summed E-state index contributed by atoms with van der Waals surface area (Å²) in [6.45, 7) is 0. The minimum absolute atomic E-state index is 0.856. The summed E-state index contributed by atoms with van der Waals surface area (Å²) in [5.74, 6) is 0. The highest BCUT2D eigenvalue weighted by Gasteiger charge is 2.16. The average molecular weight is 283 g/mol. The first-order valence-corrected chi connectivity index (χ1v) is 7.42. The van der Waals surface area contributed by atoms with E-state index in [2.05, 4.69) is 52.7 Å². The summed E-state index contributed by atoms with van der Waals surface area (Å²) in [6.07, 6.45) is 3.06. The van der Waals surface area contributed by atoms with Gasteiger partial charge in [-0.25, -0.2) is 0 Å². The second-order valence-corrected chi connectivity index (χ2v) is 5.65. The van der Waals surface area contributed by atoms with Crippen LogP contribution in [0.25, 0.3) is 33.6 Å². The highest BCUT2D eigenvalue weighted by Crippen LogP contribution is 2.32. The summed E-state index contributed by atoms with van der Waals surface area (Å²) in [6, 6.07) is 20.9. The molecule has 0 bridgehead atoms. The van der Waals surface area contributed by atoms with Crippen LogP contribution < -0.4 is 0 Å². The van der Waals surface area contributed by atoms with Gasteiger partial charge in [0, 0.05) is 6.42 Å². The zero-order valence-corrected chi connectivity index (χ0v) is 11.9. The number of allylic oxidation sites excluding steroid dienone is 1. The first-order chi connectivity index (χ1) is 10.9. The highest BCUT2D eigenvalue weighted by atomic mass is 15.5. The molecule has 1 aliphatic rings. The third-order valence-corrected chi connectivity index (χ3v) is 4.26. The Labute approximate surface area is 127 Å². The fraction of sp³-hybridized carbons (Fsp3) is 0.0526. The van der Waals surface area contributed by atoms with Gasteiger partial charge in [-0.05, 0) is 40.1 Å². The molecule has 1 aliphatic carbocycles. The van der Waals surface area contributed by atoms with E-state index in [-0.39, 0.29) is 0 Å². The van der Waals surface area contributed by atoms with Crippen LogP contribution in [0.5, 0.6) is 0 Å². The highest BCUT2D eigenvalue weighted by molar-refractivity contribution is 5.99. The van der Waals surface area contributed by atoms with E-state index in [1.54, 1.807) is 4.80 Å². The topological polar surface area (TPSA) is 30.7 Å². The predicted octanol–water partition coefficient (Wildman–Crippen LogP) is 4.14. The lowest BCUT2D eigenvalue weighted by Crippen LogP contribution is -2.07. The number of aromatic nitrogens is 3. The maximum absolute atomic E-state index is 4.61. The third-order valence-electron chi connectivity index (χ3n) is 4.26. The lowest BCUT2D eigenvalue weighted by Gasteiger charge is -2.17. The molecule has 1 aromatic heterocycles. The number of hydrogen-bond donors (Lipinski definition) is 0. The molecule has 4 aromatic rings. The minimum Gasteiger partial charge on any atom is -0.154 e. The van der Waals surface area contributed by atoms with Gasteiger partial charge in [0.2, 0.25) is 0 Å². The standard InChI is InChI=1S/C19H13N3/c1-2-10-18-17(9-1)20-22(21-18)16-11-14-7-3-5-13-6-4-8-15(12-16)19(13)14/h1-11H,12H2. The molecule has 0 amide bonds. The van der Waals surface area contributed by atoms with Crippen molar-refractivity contribution in [1.29, 1.82) is 0 Å². The second kappa shape index (κ2) is 4.28. The van der Waals surface area contributed by atoms with Gasteiger partial charge in [-0.3, -0.25) is 0 Å².